The lowest BCUT2D eigenvalue weighted by molar-refractivity contribution is -0.157. The Labute approximate surface area is 362 Å². The first-order chi connectivity index (χ1) is 28.7. The molecule has 0 aliphatic carbocycles. The van der Waals surface area contributed by atoms with Gasteiger partial charge in [-0.1, -0.05) is 61.2 Å². The number of alkyl carbamates (subject to hydrolysis) is 1. The van der Waals surface area contributed by atoms with Crippen LogP contribution in [0.3, 0.4) is 0 Å². The fourth-order valence-corrected chi connectivity index (χ4v) is 9.08. The molecule has 7 unspecified atom stereocenters. The van der Waals surface area contributed by atoms with Gasteiger partial charge in [0, 0.05) is 52.2 Å². The van der Waals surface area contributed by atoms with Crippen LogP contribution in [-0.2, 0) is 54.6 Å². The Morgan fingerprint density at radius 3 is 2.44 bits per heavy atom. The molecule has 2 fully saturated rings. The summed E-state index contributed by atoms with van der Waals surface area (Å²) in [5, 5.41) is 17.3. The molecule has 1 aromatic carbocycles. The monoisotopic (exact) mass is 894 g/mol. The molecule has 338 valence electrons. The average molecular weight is 895 g/mol. The summed E-state index contributed by atoms with van der Waals surface area (Å²) in [7, 11) is 1.74. The van der Waals surface area contributed by atoms with Crippen molar-refractivity contribution in [3.05, 3.63) is 64.7 Å². The molecule has 3 N–H and O–H groups in total. The zero-order valence-electron chi connectivity index (χ0n) is 36.0. The van der Waals surface area contributed by atoms with Crippen LogP contribution < -0.4 is 15.4 Å². The molecule has 19 heteroatoms. The number of nitrogens with one attached hydrogen (secondary N) is 2. The number of nitrogens with zero attached hydrogens (tertiary/aromatic N) is 2. The molecule has 0 radical (unpaired) electrons. The molecule has 8 atom stereocenters. The molecule has 3 aliphatic rings. The first-order valence-electron chi connectivity index (χ1n) is 20.2. The number of amides is 4. The molecule has 0 aromatic heterocycles. The number of cyclic esters (lactones) is 1. The van der Waals surface area contributed by atoms with E-state index in [1.807, 2.05) is 25.1 Å². The standard InChI is InChI=1S/C42H59ClN4O13S/c1-26(22-29-16-17-30(43)31(23-29)56-7)14-13-15-33(57-8)42(53)25-32(58-40(52)45-42)27(2)38-41(4,60-38)34(24-35(48)44-5)59-39(51)28(3)46(6)61(54,55)21-12-10-9-11-20-47-36(49)18-19-37(47)50/h13-19,23,27-28,32-34,38,53H,9-12,20-22,24-25H2,1-8H3,(H,44,48)(H,45,52)/b15-13+,26-14+/t27?,28-,32?,33?,34?,38?,41?,42?/m0/s1. The number of rotatable bonds is 23. The molecule has 0 bridgehead atoms. The Balaban J connectivity index is 1.36. The smallest absolute Gasteiger partial charge is 0.409 e. The van der Waals surface area contributed by atoms with Gasteiger partial charge in [0.25, 0.3) is 11.8 Å². The fraction of sp³-hybridized carbons (Fsp3) is 0.595. The summed E-state index contributed by atoms with van der Waals surface area (Å²) in [6.45, 7) is 6.97. The van der Waals surface area contributed by atoms with E-state index in [1.54, 1.807) is 39.2 Å². The Morgan fingerprint density at radius 1 is 1.13 bits per heavy atom. The molecule has 3 aliphatic heterocycles. The van der Waals surface area contributed by atoms with Crippen molar-refractivity contribution < 1.29 is 61.2 Å². The van der Waals surface area contributed by atoms with Crippen LogP contribution in [0.1, 0.15) is 71.8 Å². The quantitative estimate of drug-likeness (QED) is 0.0471. The maximum Gasteiger partial charge on any atom is 0.409 e. The number of allylic oxidation sites excluding steroid dienone is 3. The lowest BCUT2D eigenvalue weighted by Crippen LogP contribution is -2.63. The fourth-order valence-electron chi connectivity index (χ4n) is 7.46. The zero-order valence-corrected chi connectivity index (χ0v) is 37.5. The van der Waals surface area contributed by atoms with Gasteiger partial charge in [0.2, 0.25) is 15.9 Å². The van der Waals surface area contributed by atoms with Gasteiger partial charge in [0.1, 0.15) is 35.7 Å². The van der Waals surface area contributed by atoms with E-state index in [1.165, 1.54) is 40.3 Å². The van der Waals surface area contributed by atoms with Crippen LogP contribution in [0, 0.1) is 5.92 Å². The van der Waals surface area contributed by atoms with Crippen molar-refractivity contribution in [3.63, 3.8) is 0 Å². The number of halogens is 1. The van der Waals surface area contributed by atoms with E-state index in [2.05, 4.69) is 10.6 Å². The summed E-state index contributed by atoms with van der Waals surface area (Å²) in [5.41, 5.74) is -1.16. The summed E-state index contributed by atoms with van der Waals surface area (Å²) in [6.07, 6.45) is 5.10. The molecular weight excluding hydrogens is 836 g/mol. The van der Waals surface area contributed by atoms with Crippen molar-refractivity contribution in [1.29, 1.82) is 0 Å². The van der Waals surface area contributed by atoms with Gasteiger partial charge in [-0.2, -0.15) is 4.31 Å². The van der Waals surface area contributed by atoms with Crippen molar-refractivity contribution in [2.45, 2.75) is 114 Å². The van der Waals surface area contributed by atoms with Crippen LogP contribution >= 0.6 is 11.6 Å². The number of aliphatic hydroxyl groups is 1. The van der Waals surface area contributed by atoms with Crippen molar-refractivity contribution in [3.8, 4) is 5.75 Å². The Kier molecular flexibility index (Phi) is 17.1. The molecular formula is C42H59ClN4O13S. The summed E-state index contributed by atoms with van der Waals surface area (Å²) < 4.78 is 55.9. The largest absolute Gasteiger partial charge is 0.495 e. The maximum absolute atomic E-state index is 13.5. The van der Waals surface area contributed by atoms with E-state index >= 15 is 0 Å². The van der Waals surface area contributed by atoms with Crippen LogP contribution in [0.15, 0.2) is 54.2 Å². The van der Waals surface area contributed by atoms with Gasteiger partial charge in [-0.25, -0.2) is 13.2 Å². The number of unbranched alkanes of at least 4 members (excludes halogenated alkanes) is 3. The van der Waals surface area contributed by atoms with Gasteiger partial charge in [0.05, 0.1) is 30.4 Å². The lowest BCUT2D eigenvalue weighted by Gasteiger charge is -2.42. The first kappa shape index (κ1) is 49.3. The Bertz CT molecular complexity index is 1980. The van der Waals surface area contributed by atoms with Crippen LogP contribution in [-0.4, -0.2) is 135 Å². The van der Waals surface area contributed by atoms with Crippen LogP contribution in [0.4, 0.5) is 4.79 Å². The minimum atomic E-state index is -3.91. The zero-order chi connectivity index (χ0) is 45.3. The molecule has 61 heavy (non-hydrogen) atoms. The van der Waals surface area contributed by atoms with E-state index in [9.17, 15) is 37.5 Å². The molecule has 17 nitrogen and oxygen atoms in total. The topological polar surface area (TPSA) is 220 Å². The number of sulfonamides is 1. The number of ether oxygens (including phenoxy) is 5. The van der Waals surface area contributed by atoms with Crippen LogP contribution in [0.5, 0.6) is 5.75 Å². The van der Waals surface area contributed by atoms with Gasteiger partial charge < -0.3 is 34.1 Å². The van der Waals surface area contributed by atoms with Crippen molar-refractivity contribution in [2.75, 3.05) is 40.6 Å². The molecule has 0 saturated carbocycles. The highest BCUT2D eigenvalue weighted by Gasteiger charge is 2.64. The van der Waals surface area contributed by atoms with E-state index in [0.29, 0.717) is 36.5 Å². The third kappa shape index (κ3) is 12.6. The number of carbonyl (C=O) groups excluding carboxylic acids is 5. The van der Waals surface area contributed by atoms with Crippen LogP contribution in [0.25, 0.3) is 0 Å². The second kappa shape index (κ2) is 21.2. The SMILES string of the molecule is CNC(=O)CC(OC(=O)[C@H](C)N(C)S(=O)(=O)CCCCCCN1C(=O)C=CC1=O)C1(C)OC1C(C)C1CC(O)(C(/C=C/C=C(\C)Cc2ccc(Cl)c(OC)c2)OC)NC(=O)O1. The Hall–Kier alpha value is -4.33. The number of esters is 1. The Morgan fingerprint density at radius 2 is 1.80 bits per heavy atom. The summed E-state index contributed by atoms with van der Waals surface area (Å²) in [4.78, 5) is 63.7. The molecule has 3 heterocycles. The van der Waals surface area contributed by atoms with E-state index in [0.717, 1.165) is 20.3 Å². The number of hydrogen-bond donors (Lipinski definition) is 3. The third-order valence-electron chi connectivity index (χ3n) is 11.4. The molecule has 1 aromatic rings. The lowest BCUT2D eigenvalue weighted by atomic mass is 9.83. The van der Waals surface area contributed by atoms with Gasteiger partial charge in [-0.3, -0.25) is 29.4 Å². The average Bonchev–Trinajstić information content (AvgIpc) is 3.81. The van der Waals surface area contributed by atoms with Gasteiger partial charge in [0.15, 0.2) is 5.72 Å². The summed E-state index contributed by atoms with van der Waals surface area (Å²) >= 11 is 6.16. The second-order valence-corrected chi connectivity index (χ2v) is 18.4. The maximum atomic E-state index is 13.5. The molecule has 4 rings (SSSR count). The van der Waals surface area contributed by atoms with E-state index < -0.39 is 75.7 Å². The van der Waals surface area contributed by atoms with E-state index in [4.69, 9.17) is 35.3 Å². The minimum absolute atomic E-state index is 0.110. The van der Waals surface area contributed by atoms with Gasteiger partial charge in [-0.05, 0) is 57.7 Å². The number of likely N-dealkylation sites (N-methyl/N-ethyl adjacent to an activating group) is 1. The number of methoxy groups -OCH3 is 2. The van der Waals surface area contributed by atoms with E-state index in [-0.39, 0.29) is 43.4 Å². The first-order valence-corrected chi connectivity index (χ1v) is 22.2. The number of hydrogen-bond acceptors (Lipinski definition) is 13. The van der Waals surface area contributed by atoms with Crippen molar-refractivity contribution in [1.82, 2.24) is 19.8 Å². The molecule has 0 spiro atoms. The number of benzene rings is 1. The number of imide groups is 1. The minimum Gasteiger partial charge on any atom is -0.495 e. The normalized spacial score (nSPS) is 24.9. The summed E-state index contributed by atoms with van der Waals surface area (Å²) in [6, 6.07) is 4.27. The summed E-state index contributed by atoms with van der Waals surface area (Å²) in [5.74, 6) is -2.35. The highest BCUT2D eigenvalue weighted by Crippen LogP contribution is 2.49. The highest BCUT2D eigenvalue weighted by atomic mass is 35.5. The second-order valence-electron chi connectivity index (χ2n) is 15.9. The van der Waals surface area contributed by atoms with Crippen LogP contribution in [0.2, 0.25) is 5.02 Å². The van der Waals surface area contributed by atoms with Gasteiger partial charge in [-0.15, -0.1) is 0 Å². The molecule has 4 amide bonds. The number of carbonyl (C=O) groups is 5. The highest BCUT2D eigenvalue weighted by molar-refractivity contribution is 7.89. The number of epoxide rings is 1. The van der Waals surface area contributed by atoms with Gasteiger partial charge >= 0.3 is 12.1 Å². The van der Waals surface area contributed by atoms with Crippen molar-refractivity contribution >= 4 is 51.4 Å². The third-order valence-corrected chi connectivity index (χ3v) is 13.7. The predicted molar refractivity (Wildman–Crippen MR) is 225 cm³/mol. The molecule has 2 saturated heterocycles. The van der Waals surface area contributed by atoms with Crippen molar-refractivity contribution in [2.24, 2.45) is 5.92 Å². The predicted octanol–water partition coefficient (Wildman–Crippen LogP) is 3.57.